The SMILES string of the molecule is CCCCCCCCNCCCCCCCC.CCCCCCCCNCCCCCCCC.CCCCCCCCNCCCCCCCC.O=P(O)(O)O. The summed E-state index contributed by atoms with van der Waals surface area (Å²) in [7, 11) is -4.64. The molecule has 0 radical (unpaired) electrons. The van der Waals surface area contributed by atoms with Crippen LogP contribution in [0.25, 0.3) is 0 Å². The number of rotatable bonds is 42. The van der Waals surface area contributed by atoms with E-state index in [1.54, 1.807) is 0 Å². The Balaban J connectivity index is -0.000000340. The van der Waals surface area contributed by atoms with Gasteiger partial charge >= 0.3 is 7.82 Å². The van der Waals surface area contributed by atoms with E-state index in [1.807, 2.05) is 0 Å². The van der Waals surface area contributed by atoms with Crippen LogP contribution in [0.1, 0.15) is 273 Å². The van der Waals surface area contributed by atoms with Crippen LogP contribution < -0.4 is 16.0 Å². The Kier molecular flexibility index (Phi) is 69.0. The fourth-order valence-electron chi connectivity index (χ4n) is 6.56. The first-order chi connectivity index (χ1) is 27.2. The number of unbranched alkanes of at least 4 members (excludes halogenated alkanes) is 30. The molecule has 0 saturated carbocycles. The molecule has 0 aromatic heterocycles. The molecule has 0 aromatic carbocycles. The number of hydrogen-bond donors (Lipinski definition) is 6. The van der Waals surface area contributed by atoms with E-state index in [-0.39, 0.29) is 0 Å². The smallest absolute Gasteiger partial charge is 0.317 e. The van der Waals surface area contributed by atoms with Crippen molar-refractivity contribution in [2.75, 3.05) is 39.3 Å². The minimum atomic E-state index is -4.64. The van der Waals surface area contributed by atoms with E-state index in [0.717, 1.165) is 0 Å². The molecule has 0 unspecified atom stereocenters. The van der Waals surface area contributed by atoms with Crippen LogP contribution in [-0.2, 0) is 4.57 Å². The van der Waals surface area contributed by atoms with Crippen molar-refractivity contribution in [3.8, 4) is 0 Å². The predicted octanol–water partition coefficient (Wildman–Crippen LogP) is 15.0. The lowest BCUT2D eigenvalue weighted by atomic mass is 10.1. The Hall–Kier alpha value is -0.0100. The zero-order valence-corrected chi connectivity index (χ0v) is 40.3. The van der Waals surface area contributed by atoms with Crippen molar-refractivity contribution in [2.24, 2.45) is 0 Å². The van der Waals surface area contributed by atoms with Gasteiger partial charge in [0, 0.05) is 0 Å². The highest BCUT2D eigenvalue weighted by Crippen LogP contribution is 2.25. The summed E-state index contributed by atoms with van der Waals surface area (Å²) in [5, 5.41) is 10.7. The summed E-state index contributed by atoms with van der Waals surface area (Å²) in [6.07, 6.45) is 50.7. The normalized spacial score (nSPS) is 11.0. The van der Waals surface area contributed by atoms with Crippen molar-refractivity contribution in [1.29, 1.82) is 0 Å². The number of phosphoric acid groups is 1. The van der Waals surface area contributed by atoms with Gasteiger partial charge in [-0.3, -0.25) is 0 Å². The van der Waals surface area contributed by atoms with Crippen molar-refractivity contribution in [3.63, 3.8) is 0 Å². The molecule has 0 saturated heterocycles. The van der Waals surface area contributed by atoms with Gasteiger partial charge in [-0.25, -0.2) is 4.57 Å². The molecule has 0 aliphatic heterocycles. The van der Waals surface area contributed by atoms with Gasteiger partial charge in [0.05, 0.1) is 0 Å². The number of nitrogens with one attached hydrogen (secondary N) is 3. The summed E-state index contributed by atoms with van der Waals surface area (Å²) >= 11 is 0. The Labute approximate surface area is 353 Å². The van der Waals surface area contributed by atoms with E-state index >= 15 is 0 Å². The Morgan fingerprint density at radius 2 is 0.357 bits per heavy atom. The third-order valence-corrected chi connectivity index (χ3v) is 10.2. The summed E-state index contributed by atoms with van der Waals surface area (Å²) in [5.41, 5.74) is 0. The van der Waals surface area contributed by atoms with Gasteiger partial charge in [0.15, 0.2) is 0 Å². The van der Waals surface area contributed by atoms with Gasteiger partial charge in [0.25, 0.3) is 0 Å². The Morgan fingerprint density at radius 1 is 0.250 bits per heavy atom. The zero-order valence-electron chi connectivity index (χ0n) is 39.4. The minimum Gasteiger partial charge on any atom is -0.317 e. The minimum absolute atomic E-state index is 1.24. The average Bonchev–Trinajstić information content (AvgIpc) is 3.17. The molecule has 7 nitrogen and oxygen atoms in total. The molecule has 0 rings (SSSR count). The molecular weight excluding hydrogens is 714 g/mol. The highest BCUT2D eigenvalue weighted by molar-refractivity contribution is 7.45. The molecule has 0 aliphatic carbocycles. The first kappa shape index (κ1) is 62.6. The van der Waals surface area contributed by atoms with Gasteiger partial charge in [0.2, 0.25) is 0 Å². The third kappa shape index (κ3) is 86.0. The molecule has 0 aliphatic rings. The van der Waals surface area contributed by atoms with E-state index in [0.29, 0.717) is 0 Å². The fourth-order valence-corrected chi connectivity index (χ4v) is 6.56. The summed E-state index contributed by atoms with van der Waals surface area (Å²) in [5.74, 6) is 0. The fraction of sp³-hybridized carbons (Fsp3) is 1.00. The summed E-state index contributed by atoms with van der Waals surface area (Å²) < 4.78 is 8.88. The van der Waals surface area contributed by atoms with Gasteiger partial charge in [-0.2, -0.15) is 0 Å². The second kappa shape index (κ2) is 61.7. The predicted molar refractivity (Wildman–Crippen MR) is 253 cm³/mol. The lowest BCUT2D eigenvalue weighted by Gasteiger charge is -2.04. The lowest BCUT2D eigenvalue weighted by Crippen LogP contribution is -2.16. The van der Waals surface area contributed by atoms with Crippen molar-refractivity contribution >= 4 is 7.82 Å². The van der Waals surface area contributed by atoms with Gasteiger partial charge in [-0.05, 0) is 77.8 Å². The number of hydrogen-bond acceptors (Lipinski definition) is 4. The summed E-state index contributed by atoms with van der Waals surface area (Å²) in [6, 6.07) is 0. The van der Waals surface area contributed by atoms with E-state index in [1.165, 1.54) is 270 Å². The Bertz CT molecular complexity index is 547. The first-order valence-corrected chi connectivity index (χ1v) is 26.7. The Morgan fingerprint density at radius 3 is 0.482 bits per heavy atom. The quantitative estimate of drug-likeness (QED) is 0.0268. The van der Waals surface area contributed by atoms with Crippen molar-refractivity contribution in [3.05, 3.63) is 0 Å². The first-order valence-electron chi connectivity index (χ1n) is 25.1. The van der Waals surface area contributed by atoms with Crippen molar-refractivity contribution in [1.82, 2.24) is 16.0 Å². The van der Waals surface area contributed by atoms with Crippen molar-refractivity contribution in [2.45, 2.75) is 273 Å². The average molecular weight is 822 g/mol. The third-order valence-electron chi connectivity index (χ3n) is 10.2. The summed E-state index contributed by atoms with van der Waals surface area (Å²) in [4.78, 5) is 21.6. The summed E-state index contributed by atoms with van der Waals surface area (Å²) in [6.45, 7) is 21.1. The molecule has 0 amide bonds. The monoisotopic (exact) mass is 822 g/mol. The standard InChI is InChI=1S/3C16H35N.H3O4P/c3*1-3-5-7-9-11-13-15-17-16-14-12-10-8-6-4-2;1-5(2,3)4/h3*17H,3-16H2,1-2H3;(H3,1,2,3,4). The van der Waals surface area contributed by atoms with E-state index in [9.17, 15) is 0 Å². The van der Waals surface area contributed by atoms with Gasteiger partial charge < -0.3 is 30.6 Å². The lowest BCUT2D eigenvalue weighted by molar-refractivity contribution is 0.275. The van der Waals surface area contributed by atoms with Crippen LogP contribution in [0, 0.1) is 0 Å². The molecule has 344 valence electrons. The molecular formula is C48H108N3O4P. The maximum absolute atomic E-state index is 8.88. The van der Waals surface area contributed by atoms with Crippen LogP contribution in [0.4, 0.5) is 0 Å². The van der Waals surface area contributed by atoms with Crippen LogP contribution in [0.2, 0.25) is 0 Å². The largest absolute Gasteiger partial charge is 0.466 e. The van der Waals surface area contributed by atoms with Crippen LogP contribution in [-0.4, -0.2) is 53.9 Å². The van der Waals surface area contributed by atoms with E-state index in [4.69, 9.17) is 19.2 Å². The van der Waals surface area contributed by atoms with Gasteiger partial charge in [-0.1, -0.05) is 234 Å². The molecule has 56 heavy (non-hydrogen) atoms. The molecule has 0 bridgehead atoms. The molecule has 0 heterocycles. The second-order valence-corrected chi connectivity index (χ2v) is 17.4. The topological polar surface area (TPSA) is 114 Å². The highest BCUT2D eigenvalue weighted by Gasteiger charge is 2.00. The van der Waals surface area contributed by atoms with Crippen LogP contribution in [0.3, 0.4) is 0 Å². The second-order valence-electron chi connectivity index (χ2n) is 16.4. The zero-order chi connectivity index (χ0) is 42.3. The molecule has 8 heteroatoms. The maximum atomic E-state index is 8.88. The van der Waals surface area contributed by atoms with Crippen molar-refractivity contribution < 1.29 is 19.2 Å². The van der Waals surface area contributed by atoms with Crippen LogP contribution in [0.15, 0.2) is 0 Å². The highest BCUT2D eigenvalue weighted by atomic mass is 31.2. The van der Waals surface area contributed by atoms with Crippen LogP contribution >= 0.6 is 7.82 Å². The maximum Gasteiger partial charge on any atom is 0.466 e. The molecule has 0 spiro atoms. The molecule has 0 atom stereocenters. The van der Waals surface area contributed by atoms with Crippen LogP contribution in [0.5, 0.6) is 0 Å². The molecule has 0 aromatic rings. The van der Waals surface area contributed by atoms with E-state index < -0.39 is 7.82 Å². The molecule has 0 fully saturated rings. The van der Waals surface area contributed by atoms with Gasteiger partial charge in [-0.15, -0.1) is 0 Å². The van der Waals surface area contributed by atoms with Gasteiger partial charge in [0.1, 0.15) is 0 Å². The van der Waals surface area contributed by atoms with E-state index in [2.05, 4.69) is 57.5 Å². The molecule has 6 N–H and O–H groups in total.